The normalized spacial score (nSPS) is 15.5. The maximum atomic E-state index is 12.9. The molecule has 1 fully saturated rings. The molecule has 9 heteroatoms. The number of amides is 1. The van der Waals surface area contributed by atoms with Crippen molar-refractivity contribution >= 4 is 44.3 Å². The lowest BCUT2D eigenvalue weighted by molar-refractivity contribution is -0.113. The number of nitrogens with zero attached hydrogens (tertiary/aromatic N) is 3. The summed E-state index contributed by atoms with van der Waals surface area (Å²) in [6.07, 6.45) is 5.42. The smallest absolute Gasteiger partial charge is 0.243 e. The van der Waals surface area contributed by atoms with Crippen LogP contribution in [0, 0.1) is 0 Å². The summed E-state index contributed by atoms with van der Waals surface area (Å²) in [6, 6.07) is 14.0. The monoisotopic (exact) mass is 456 g/mol. The van der Waals surface area contributed by atoms with Crippen LogP contribution in [0.4, 0.5) is 5.69 Å². The molecule has 0 aliphatic carbocycles. The molecule has 0 saturated carbocycles. The third kappa shape index (κ3) is 5.23. The number of benzene rings is 2. The van der Waals surface area contributed by atoms with Crippen LogP contribution in [0.5, 0.6) is 0 Å². The molecule has 0 atom stereocenters. The van der Waals surface area contributed by atoms with Crippen LogP contribution in [-0.4, -0.2) is 47.4 Å². The molecule has 1 N–H and O–H groups in total. The number of nitrogens with one attached hydrogen (secondary N) is 1. The molecule has 1 aliphatic rings. The molecule has 162 valence electrons. The molecular weight excluding hydrogens is 432 g/mol. The van der Waals surface area contributed by atoms with E-state index >= 15 is 0 Å². The first-order valence-electron chi connectivity index (χ1n) is 10.3. The van der Waals surface area contributed by atoms with Crippen molar-refractivity contribution < 1.29 is 13.2 Å². The fourth-order valence-corrected chi connectivity index (χ4v) is 5.87. The Morgan fingerprint density at radius 1 is 0.968 bits per heavy atom. The van der Waals surface area contributed by atoms with Gasteiger partial charge in [0.05, 0.1) is 16.2 Å². The van der Waals surface area contributed by atoms with E-state index in [4.69, 9.17) is 0 Å². The van der Waals surface area contributed by atoms with Crippen molar-refractivity contribution in [2.24, 2.45) is 0 Å². The van der Waals surface area contributed by atoms with Crippen LogP contribution in [0.3, 0.4) is 0 Å². The molecule has 0 radical (unpaired) electrons. The molecule has 1 amide bonds. The van der Waals surface area contributed by atoms with Crippen LogP contribution >= 0.6 is 11.8 Å². The van der Waals surface area contributed by atoms with E-state index in [1.54, 1.807) is 28.6 Å². The summed E-state index contributed by atoms with van der Waals surface area (Å²) in [4.78, 5) is 21.1. The highest BCUT2D eigenvalue weighted by Crippen LogP contribution is 2.25. The largest absolute Gasteiger partial charge is 0.325 e. The molecule has 0 spiro atoms. The number of rotatable bonds is 6. The fourth-order valence-electron chi connectivity index (χ4n) is 3.57. The third-order valence-electron chi connectivity index (χ3n) is 5.19. The van der Waals surface area contributed by atoms with Crippen molar-refractivity contribution in [2.45, 2.75) is 35.6 Å². The molecule has 2 aromatic carbocycles. The SMILES string of the molecule is O=C(CSc1ncnc2ccccc12)Nc1ccc(S(=O)(=O)N2CCCCCC2)cc1. The Kier molecular flexibility index (Phi) is 6.84. The van der Waals surface area contributed by atoms with Gasteiger partial charge in [0.2, 0.25) is 15.9 Å². The number of thioether (sulfide) groups is 1. The van der Waals surface area contributed by atoms with E-state index in [9.17, 15) is 13.2 Å². The average molecular weight is 457 g/mol. The summed E-state index contributed by atoms with van der Waals surface area (Å²) in [5.74, 6) is 0.00489. The second-order valence-corrected chi connectivity index (χ2v) is 10.3. The minimum atomic E-state index is -3.50. The lowest BCUT2D eigenvalue weighted by atomic mass is 10.2. The van der Waals surface area contributed by atoms with E-state index in [1.165, 1.54) is 18.1 Å². The molecule has 1 saturated heterocycles. The van der Waals surface area contributed by atoms with Crippen LogP contribution < -0.4 is 5.32 Å². The number of hydrogen-bond donors (Lipinski definition) is 1. The summed E-state index contributed by atoms with van der Waals surface area (Å²) in [6.45, 7) is 1.13. The zero-order valence-corrected chi connectivity index (χ0v) is 18.7. The molecule has 2 heterocycles. The quantitative estimate of drug-likeness (QED) is 0.446. The first-order chi connectivity index (χ1) is 15.0. The van der Waals surface area contributed by atoms with Gasteiger partial charge < -0.3 is 5.32 Å². The Morgan fingerprint density at radius 3 is 2.42 bits per heavy atom. The van der Waals surface area contributed by atoms with E-state index in [0.717, 1.165) is 41.6 Å². The van der Waals surface area contributed by atoms with E-state index in [0.29, 0.717) is 18.8 Å². The average Bonchev–Trinajstić information content (AvgIpc) is 3.08. The summed E-state index contributed by atoms with van der Waals surface area (Å²) >= 11 is 1.34. The summed E-state index contributed by atoms with van der Waals surface area (Å²) in [5.41, 5.74) is 1.40. The Hall–Kier alpha value is -2.49. The van der Waals surface area contributed by atoms with Gasteiger partial charge in [-0.3, -0.25) is 4.79 Å². The van der Waals surface area contributed by atoms with E-state index in [1.807, 2.05) is 24.3 Å². The molecule has 0 unspecified atom stereocenters. The first-order valence-corrected chi connectivity index (χ1v) is 12.7. The number of sulfonamides is 1. The van der Waals surface area contributed by atoms with Gasteiger partial charge in [-0.15, -0.1) is 0 Å². The molecular formula is C22H24N4O3S2. The summed E-state index contributed by atoms with van der Waals surface area (Å²) < 4.78 is 27.3. The van der Waals surface area contributed by atoms with Gasteiger partial charge in [-0.25, -0.2) is 18.4 Å². The number of para-hydroxylation sites is 1. The highest BCUT2D eigenvalue weighted by Gasteiger charge is 2.25. The van der Waals surface area contributed by atoms with Crippen LogP contribution in [0.2, 0.25) is 0 Å². The van der Waals surface area contributed by atoms with Gasteiger partial charge in [-0.1, -0.05) is 42.8 Å². The van der Waals surface area contributed by atoms with E-state index < -0.39 is 10.0 Å². The number of carbonyl (C=O) groups is 1. The van der Waals surface area contributed by atoms with Crippen molar-refractivity contribution in [3.8, 4) is 0 Å². The van der Waals surface area contributed by atoms with E-state index in [-0.39, 0.29) is 16.6 Å². The molecule has 7 nitrogen and oxygen atoms in total. The lowest BCUT2D eigenvalue weighted by Crippen LogP contribution is -2.31. The summed E-state index contributed by atoms with van der Waals surface area (Å²) in [5, 5.41) is 4.47. The second-order valence-electron chi connectivity index (χ2n) is 7.38. The van der Waals surface area contributed by atoms with Gasteiger partial charge in [-0.2, -0.15) is 4.31 Å². The number of fused-ring (bicyclic) bond motifs is 1. The third-order valence-corrected chi connectivity index (χ3v) is 8.11. The molecule has 3 aromatic rings. The van der Waals surface area contributed by atoms with Crippen LogP contribution in [0.25, 0.3) is 10.9 Å². The van der Waals surface area contributed by atoms with Gasteiger partial charge in [0, 0.05) is 24.2 Å². The molecule has 4 rings (SSSR count). The number of carbonyl (C=O) groups excluding carboxylic acids is 1. The predicted octanol–water partition coefficient (Wildman–Crippen LogP) is 3.93. The first kappa shape index (κ1) is 21.7. The van der Waals surface area contributed by atoms with Crippen molar-refractivity contribution in [3.63, 3.8) is 0 Å². The zero-order valence-electron chi connectivity index (χ0n) is 17.0. The molecule has 1 aliphatic heterocycles. The second kappa shape index (κ2) is 9.76. The van der Waals surface area contributed by atoms with Crippen LogP contribution in [-0.2, 0) is 14.8 Å². The maximum Gasteiger partial charge on any atom is 0.243 e. The molecule has 31 heavy (non-hydrogen) atoms. The Balaban J connectivity index is 1.38. The highest BCUT2D eigenvalue weighted by molar-refractivity contribution is 8.00. The zero-order chi connectivity index (χ0) is 21.7. The van der Waals surface area contributed by atoms with Crippen molar-refractivity contribution in [1.82, 2.24) is 14.3 Å². The standard InChI is InChI=1S/C22H24N4O3S2/c27-21(15-30-22-19-7-3-4-8-20(19)23-16-24-22)25-17-9-11-18(12-10-17)31(28,29)26-13-5-1-2-6-14-26/h3-4,7-12,16H,1-2,5-6,13-15H2,(H,25,27). The van der Waals surface area contributed by atoms with Crippen molar-refractivity contribution in [3.05, 3.63) is 54.9 Å². The summed E-state index contributed by atoms with van der Waals surface area (Å²) in [7, 11) is -3.50. The number of hydrogen-bond acceptors (Lipinski definition) is 6. The van der Waals surface area contributed by atoms with Gasteiger partial charge >= 0.3 is 0 Å². The van der Waals surface area contributed by atoms with Gasteiger partial charge in [0.25, 0.3) is 0 Å². The Morgan fingerprint density at radius 2 is 1.68 bits per heavy atom. The van der Waals surface area contributed by atoms with Gasteiger partial charge in [0.15, 0.2) is 0 Å². The lowest BCUT2D eigenvalue weighted by Gasteiger charge is -2.20. The van der Waals surface area contributed by atoms with Gasteiger partial charge in [-0.05, 0) is 43.2 Å². The van der Waals surface area contributed by atoms with Crippen LogP contribution in [0.15, 0.2) is 64.8 Å². The fraction of sp³-hybridized carbons (Fsp3) is 0.318. The number of aromatic nitrogens is 2. The van der Waals surface area contributed by atoms with Crippen LogP contribution in [0.1, 0.15) is 25.7 Å². The maximum absolute atomic E-state index is 12.9. The predicted molar refractivity (Wildman–Crippen MR) is 123 cm³/mol. The highest BCUT2D eigenvalue weighted by atomic mass is 32.2. The van der Waals surface area contributed by atoms with Crippen molar-refractivity contribution in [2.75, 3.05) is 24.2 Å². The van der Waals surface area contributed by atoms with E-state index in [2.05, 4.69) is 15.3 Å². The molecule has 1 aromatic heterocycles. The number of anilines is 1. The van der Waals surface area contributed by atoms with Gasteiger partial charge in [0.1, 0.15) is 11.4 Å². The minimum absolute atomic E-state index is 0.184. The topological polar surface area (TPSA) is 92.3 Å². The Bertz CT molecular complexity index is 1150. The molecule has 0 bridgehead atoms. The minimum Gasteiger partial charge on any atom is -0.325 e. The van der Waals surface area contributed by atoms with Crippen molar-refractivity contribution in [1.29, 1.82) is 0 Å². The Labute approximate surface area is 186 Å².